The number of hydrogen-bond acceptors (Lipinski definition) is 7. The van der Waals surface area contributed by atoms with Gasteiger partial charge in [0.1, 0.15) is 18.0 Å². The lowest BCUT2D eigenvalue weighted by Gasteiger charge is -2.19. The number of alkyl carbamates (subject to hydrolysis) is 1. The number of ether oxygens (including phenoxy) is 1. The molecule has 0 bridgehead atoms. The fourth-order valence-electron chi connectivity index (χ4n) is 2.31. The van der Waals surface area contributed by atoms with Crippen molar-refractivity contribution in [3.8, 4) is 11.8 Å². The van der Waals surface area contributed by atoms with Crippen molar-refractivity contribution in [2.75, 3.05) is 29.5 Å². The number of rotatable bonds is 6. The van der Waals surface area contributed by atoms with E-state index < -0.39 is 11.7 Å². The Bertz CT molecular complexity index is 971. The van der Waals surface area contributed by atoms with E-state index in [1.807, 2.05) is 0 Å². The average molecular weight is 425 g/mol. The zero-order valence-electron chi connectivity index (χ0n) is 18.2. The normalized spacial score (nSPS) is 10.5. The summed E-state index contributed by atoms with van der Waals surface area (Å²) >= 11 is 0. The topological polar surface area (TPSA) is 131 Å². The van der Waals surface area contributed by atoms with E-state index in [-0.39, 0.29) is 18.4 Å². The largest absolute Gasteiger partial charge is 0.444 e. The second kappa shape index (κ2) is 10.8. The SMILES string of the molecule is CCCNc1nc(N)ncc1C#Cc1ccc(NC(=O)CNC(=O)OC(C)(C)C)cc1. The molecule has 0 radical (unpaired) electrons. The first-order valence-corrected chi connectivity index (χ1v) is 9.91. The maximum Gasteiger partial charge on any atom is 0.408 e. The number of hydrogen-bond donors (Lipinski definition) is 4. The van der Waals surface area contributed by atoms with E-state index in [2.05, 4.69) is 44.7 Å². The van der Waals surface area contributed by atoms with Crippen LogP contribution >= 0.6 is 0 Å². The van der Waals surface area contributed by atoms with E-state index in [4.69, 9.17) is 10.5 Å². The van der Waals surface area contributed by atoms with Crippen LogP contribution in [0.5, 0.6) is 0 Å². The van der Waals surface area contributed by atoms with Crippen LogP contribution in [-0.4, -0.2) is 40.7 Å². The third kappa shape index (κ3) is 8.62. The van der Waals surface area contributed by atoms with E-state index in [1.165, 1.54) is 0 Å². The Morgan fingerprint density at radius 2 is 1.87 bits per heavy atom. The molecule has 1 aromatic carbocycles. The van der Waals surface area contributed by atoms with Crippen molar-refractivity contribution < 1.29 is 14.3 Å². The fraction of sp³-hybridized carbons (Fsp3) is 0.364. The van der Waals surface area contributed by atoms with Crippen molar-refractivity contribution in [1.29, 1.82) is 0 Å². The summed E-state index contributed by atoms with van der Waals surface area (Å²) in [6, 6.07) is 7.01. The zero-order chi connectivity index (χ0) is 22.9. The Kier molecular flexibility index (Phi) is 8.20. The van der Waals surface area contributed by atoms with Gasteiger partial charge in [-0.3, -0.25) is 4.79 Å². The van der Waals surface area contributed by atoms with Gasteiger partial charge in [-0.2, -0.15) is 4.98 Å². The minimum Gasteiger partial charge on any atom is -0.444 e. The summed E-state index contributed by atoms with van der Waals surface area (Å²) in [5.74, 6) is 6.50. The van der Waals surface area contributed by atoms with Gasteiger partial charge in [-0.15, -0.1) is 0 Å². The van der Waals surface area contributed by atoms with Crippen LogP contribution in [0.1, 0.15) is 45.2 Å². The number of nitrogens with zero attached hydrogens (tertiary/aromatic N) is 2. The molecule has 0 saturated carbocycles. The summed E-state index contributed by atoms with van der Waals surface area (Å²) in [5.41, 5.74) is 7.02. The number of amides is 2. The lowest BCUT2D eigenvalue weighted by atomic mass is 10.2. The third-order valence-corrected chi connectivity index (χ3v) is 3.65. The van der Waals surface area contributed by atoms with Gasteiger partial charge in [-0.05, 0) is 51.5 Å². The molecule has 1 aromatic heterocycles. The maximum atomic E-state index is 12.0. The molecule has 0 aliphatic carbocycles. The molecule has 0 aliphatic heterocycles. The van der Waals surface area contributed by atoms with Crippen molar-refractivity contribution >= 4 is 29.5 Å². The van der Waals surface area contributed by atoms with Gasteiger partial charge in [0.05, 0.1) is 11.8 Å². The number of nitrogen functional groups attached to an aromatic ring is 1. The van der Waals surface area contributed by atoms with Crippen LogP contribution in [0.3, 0.4) is 0 Å². The molecule has 0 fully saturated rings. The number of nitrogens with two attached hydrogens (primary N) is 1. The summed E-state index contributed by atoms with van der Waals surface area (Å²) in [6.45, 7) is 7.86. The molecule has 2 aromatic rings. The number of aromatic nitrogens is 2. The second-order valence-corrected chi connectivity index (χ2v) is 7.65. The number of anilines is 3. The van der Waals surface area contributed by atoms with Crippen LogP contribution in [-0.2, 0) is 9.53 Å². The fourth-order valence-corrected chi connectivity index (χ4v) is 2.31. The van der Waals surface area contributed by atoms with E-state index in [1.54, 1.807) is 51.2 Å². The van der Waals surface area contributed by atoms with Gasteiger partial charge in [0, 0.05) is 17.8 Å². The number of nitrogens with one attached hydrogen (secondary N) is 3. The van der Waals surface area contributed by atoms with Gasteiger partial charge >= 0.3 is 6.09 Å². The lowest BCUT2D eigenvalue weighted by Crippen LogP contribution is -2.37. The first-order chi connectivity index (χ1) is 14.7. The molecule has 0 saturated heterocycles. The summed E-state index contributed by atoms with van der Waals surface area (Å²) in [5, 5.41) is 8.29. The Labute approximate surface area is 182 Å². The first-order valence-electron chi connectivity index (χ1n) is 9.91. The van der Waals surface area contributed by atoms with E-state index >= 15 is 0 Å². The lowest BCUT2D eigenvalue weighted by molar-refractivity contribution is -0.115. The number of carbonyl (C=O) groups is 2. The minimum atomic E-state index is -0.646. The van der Waals surface area contributed by atoms with Crippen molar-refractivity contribution in [3.63, 3.8) is 0 Å². The maximum absolute atomic E-state index is 12.0. The average Bonchev–Trinajstić information content (AvgIpc) is 2.70. The van der Waals surface area contributed by atoms with Crippen molar-refractivity contribution in [2.24, 2.45) is 0 Å². The highest BCUT2D eigenvalue weighted by Gasteiger charge is 2.16. The molecule has 9 nitrogen and oxygen atoms in total. The quantitative estimate of drug-likeness (QED) is 0.524. The van der Waals surface area contributed by atoms with E-state index in [0.29, 0.717) is 17.1 Å². The summed E-state index contributed by atoms with van der Waals surface area (Å²) < 4.78 is 5.09. The molecule has 2 amide bonds. The third-order valence-electron chi connectivity index (χ3n) is 3.65. The van der Waals surface area contributed by atoms with Gasteiger partial charge in [0.25, 0.3) is 0 Å². The van der Waals surface area contributed by atoms with Crippen LogP contribution in [0.15, 0.2) is 30.5 Å². The molecule has 1 heterocycles. The predicted octanol–water partition coefficient (Wildman–Crippen LogP) is 2.74. The highest BCUT2D eigenvalue weighted by Crippen LogP contribution is 2.13. The Morgan fingerprint density at radius 1 is 1.16 bits per heavy atom. The monoisotopic (exact) mass is 424 g/mol. The van der Waals surface area contributed by atoms with Crippen molar-refractivity contribution in [3.05, 3.63) is 41.6 Å². The van der Waals surface area contributed by atoms with Gasteiger partial charge in [-0.1, -0.05) is 18.8 Å². The van der Waals surface area contributed by atoms with Crippen LogP contribution in [0.25, 0.3) is 0 Å². The summed E-state index contributed by atoms with van der Waals surface area (Å²) in [7, 11) is 0. The van der Waals surface area contributed by atoms with Crippen LogP contribution in [0, 0.1) is 11.8 Å². The minimum absolute atomic E-state index is 0.186. The molecular weight excluding hydrogens is 396 g/mol. The van der Waals surface area contributed by atoms with Crippen molar-refractivity contribution in [2.45, 2.75) is 39.7 Å². The molecule has 164 valence electrons. The first kappa shape index (κ1) is 23.5. The summed E-state index contributed by atoms with van der Waals surface area (Å²) in [6.07, 6.45) is 1.88. The van der Waals surface area contributed by atoms with Gasteiger partial charge in [0.15, 0.2) is 0 Å². The predicted molar refractivity (Wildman–Crippen MR) is 121 cm³/mol. The standard InChI is InChI=1S/C22H28N6O3/c1-5-12-24-19-16(13-25-20(23)28-19)9-6-15-7-10-17(11-8-15)27-18(29)14-26-21(30)31-22(2,3)4/h7-8,10-11,13H,5,12,14H2,1-4H3,(H,26,30)(H,27,29)(H3,23,24,25,28). The molecule has 2 rings (SSSR count). The molecule has 9 heteroatoms. The molecule has 0 unspecified atom stereocenters. The van der Waals surface area contributed by atoms with Gasteiger partial charge in [0.2, 0.25) is 11.9 Å². The number of carbonyl (C=O) groups excluding carboxylic acids is 2. The van der Waals surface area contributed by atoms with Gasteiger partial charge in [-0.25, -0.2) is 9.78 Å². The molecule has 0 atom stereocenters. The van der Waals surface area contributed by atoms with E-state index in [9.17, 15) is 9.59 Å². The Balaban J connectivity index is 1.95. The van der Waals surface area contributed by atoms with Crippen molar-refractivity contribution in [1.82, 2.24) is 15.3 Å². The number of benzene rings is 1. The molecule has 0 spiro atoms. The van der Waals surface area contributed by atoms with Gasteiger partial charge < -0.3 is 26.4 Å². The Morgan fingerprint density at radius 3 is 2.52 bits per heavy atom. The summed E-state index contributed by atoms with van der Waals surface area (Å²) in [4.78, 5) is 31.8. The highest BCUT2D eigenvalue weighted by molar-refractivity contribution is 5.93. The molecule has 5 N–H and O–H groups in total. The second-order valence-electron chi connectivity index (χ2n) is 7.65. The highest BCUT2D eigenvalue weighted by atomic mass is 16.6. The smallest absolute Gasteiger partial charge is 0.408 e. The molecular formula is C22H28N6O3. The van der Waals surface area contributed by atoms with E-state index in [0.717, 1.165) is 18.5 Å². The zero-order valence-corrected chi connectivity index (χ0v) is 18.2. The Hall–Kier alpha value is -3.80. The molecule has 0 aliphatic rings. The van der Waals surface area contributed by atoms with Crippen LogP contribution in [0.4, 0.5) is 22.2 Å². The molecule has 31 heavy (non-hydrogen) atoms. The van der Waals surface area contributed by atoms with Crippen LogP contribution in [0.2, 0.25) is 0 Å². The van der Waals surface area contributed by atoms with Crippen LogP contribution < -0.4 is 21.7 Å².